The summed E-state index contributed by atoms with van der Waals surface area (Å²) in [5.74, 6) is -0.431. The Morgan fingerprint density at radius 1 is 1.44 bits per heavy atom. The van der Waals surface area contributed by atoms with Crippen molar-refractivity contribution >= 4 is 10.0 Å². The molecule has 1 rings (SSSR count). The molecule has 0 amide bonds. The summed E-state index contributed by atoms with van der Waals surface area (Å²) in [4.78, 5) is 0.134. The Morgan fingerprint density at radius 2 is 2.06 bits per heavy atom. The molecular weight excluding hydrogens is 229 g/mol. The lowest BCUT2D eigenvalue weighted by Gasteiger charge is -2.13. The SMILES string of the molecule is CC[C@@H](C)NS(=O)(=O)c1ccc(F)cc1C. The number of nitrogens with one attached hydrogen (secondary N) is 1. The van der Waals surface area contributed by atoms with E-state index in [0.29, 0.717) is 12.0 Å². The van der Waals surface area contributed by atoms with Crippen LogP contribution in [0.2, 0.25) is 0 Å². The van der Waals surface area contributed by atoms with Crippen LogP contribution in [-0.2, 0) is 10.0 Å². The number of rotatable bonds is 4. The van der Waals surface area contributed by atoms with Crippen LogP contribution in [0.15, 0.2) is 23.1 Å². The van der Waals surface area contributed by atoms with Crippen LogP contribution in [0.3, 0.4) is 0 Å². The first-order chi connectivity index (χ1) is 7.36. The van der Waals surface area contributed by atoms with Crippen molar-refractivity contribution in [1.82, 2.24) is 4.72 Å². The maximum absolute atomic E-state index is 12.8. The molecule has 0 radical (unpaired) electrons. The summed E-state index contributed by atoms with van der Waals surface area (Å²) < 4.78 is 39.2. The number of halogens is 1. The van der Waals surface area contributed by atoms with Crippen LogP contribution in [-0.4, -0.2) is 14.5 Å². The third-order valence-electron chi connectivity index (χ3n) is 2.40. The molecule has 1 aromatic rings. The fourth-order valence-electron chi connectivity index (χ4n) is 1.33. The molecule has 3 nitrogen and oxygen atoms in total. The molecule has 0 bridgehead atoms. The van der Waals surface area contributed by atoms with Crippen molar-refractivity contribution in [2.75, 3.05) is 0 Å². The maximum Gasteiger partial charge on any atom is 0.241 e. The average Bonchev–Trinajstić information content (AvgIpc) is 2.16. The van der Waals surface area contributed by atoms with Crippen molar-refractivity contribution in [3.63, 3.8) is 0 Å². The van der Waals surface area contributed by atoms with Gasteiger partial charge in [-0.05, 0) is 44.0 Å². The van der Waals surface area contributed by atoms with Crippen molar-refractivity contribution in [3.05, 3.63) is 29.6 Å². The van der Waals surface area contributed by atoms with Gasteiger partial charge in [0.1, 0.15) is 5.82 Å². The first-order valence-corrected chi connectivity index (χ1v) is 6.63. The van der Waals surface area contributed by atoms with Crippen LogP contribution >= 0.6 is 0 Å². The van der Waals surface area contributed by atoms with Crippen LogP contribution in [0.4, 0.5) is 4.39 Å². The summed E-state index contributed by atoms with van der Waals surface area (Å²) in [6, 6.07) is 3.52. The predicted octanol–water partition coefficient (Wildman–Crippen LogP) is 2.21. The fraction of sp³-hybridized carbons (Fsp3) is 0.455. The molecule has 5 heteroatoms. The molecule has 0 spiro atoms. The molecular formula is C11H16FNO2S. The Balaban J connectivity index is 3.08. The number of benzene rings is 1. The summed E-state index contributed by atoms with van der Waals surface area (Å²) in [6.07, 6.45) is 0.708. The lowest BCUT2D eigenvalue weighted by atomic mass is 10.2. The zero-order chi connectivity index (χ0) is 12.3. The number of hydrogen-bond donors (Lipinski definition) is 1. The van der Waals surface area contributed by atoms with Gasteiger partial charge in [-0.2, -0.15) is 0 Å². The van der Waals surface area contributed by atoms with E-state index in [9.17, 15) is 12.8 Å². The molecule has 0 fully saturated rings. The van der Waals surface area contributed by atoms with Crippen LogP contribution in [0.25, 0.3) is 0 Å². The quantitative estimate of drug-likeness (QED) is 0.884. The van der Waals surface area contributed by atoms with Crippen molar-refractivity contribution in [3.8, 4) is 0 Å². The van der Waals surface area contributed by atoms with Gasteiger partial charge in [0.15, 0.2) is 0 Å². The molecule has 0 heterocycles. The van der Waals surface area contributed by atoms with Gasteiger partial charge in [0, 0.05) is 6.04 Å². The molecule has 0 aromatic heterocycles. The Labute approximate surface area is 95.7 Å². The third-order valence-corrected chi connectivity index (χ3v) is 4.14. The molecule has 0 saturated heterocycles. The van der Waals surface area contributed by atoms with E-state index in [2.05, 4.69) is 4.72 Å². The first-order valence-electron chi connectivity index (χ1n) is 5.15. The minimum atomic E-state index is -3.54. The lowest BCUT2D eigenvalue weighted by Crippen LogP contribution is -2.32. The van der Waals surface area contributed by atoms with Gasteiger partial charge >= 0.3 is 0 Å². The average molecular weight is 245 g/mol. The monoisotopic (exact) mass is 245 g/mol. The van der Waals surface area contributed by atoms with Gasteiger partial charge in [0.25, 0.3) is 0 Å². The zero-order valence-corrected chi connectivity index (χ0v) is 10.4. The van der Waals surface area contributed by atoms with Crippen molar-refractivity contribution in [1.29, 1.82) is 0 Å². The van der Waals surface area contributed by atoms with Gasteiger partial charge in [-0.1, -0.05) is 6.92 Å². The van der Waals surface area contributed by atoms with Gasteiger partial charge in [0.2, 0.25) is 10.0 Å². The van der Waals surface area contributed by atoms with Gasteiger partial charge in [-0.25, -0.2) is 17.5 Å². The minimum absolute atomic E-state index is 0.130. The van der Waals surface area contributed by atoms with E-state index in [4.69, 9.17) is 0 Å². The molecule has 0 aliphatic rings. The van der Waals surface area contributed by atoms with Crippen molar-refractivity contribution < 1.29 is 12.8 Å². The second-order valence-electron chi connectivity index (χ2n) is 3.84. The summed E-state index contributed by atoms with van der Waals surface area (Å²) in [6.45, 7) is 5.26. The maximum atomic E-state index is 12.8. The van der Waals surface area contributed by atoms with Gasteiger partial charge in [0.05, 0.1) is 4.90 Å². The largest absolute Gasteiger partial charge is 0.241 e. The second-order valence-corrected chi connectivity index (χ2v) is 5.52. The van der Waals surface area contributed by atoms with Crippen LogP contribution in [0.5, 0.6) is 0 Å². The van der Waals surface area contributed by atoms with E-state index in [0.717, 1.165) is 6.07 Å². The summed E-state index contributed by atoms with van der Waals surface area (Å²) in [5.41, 5.74) is 0.413. The number of sulfonamides is 1. The summed E-state index contributed by atoms with van der Waals surface area (Å²) >= 11 is 0. The van der Waals surface area contributed by atoms with E-state index >= 15 is 0 Å². The topological polar surface area (TPSA) is 46.2 Å². The smallest absolute Gasteiger partial charge is 0.208 e. The second kappa shape index (κ2) is 4.93. The van der Waals surface area contributed by atoms with Gasteiger partial charge in [-0.15, -0.1) is 0 Å². The highest BCUT2D eigenvalue weighted by molar-refractivity contribution is 7.89. The molecule has 0 saturated carbocycles. The highest BCUT2D eigenvalue weighted by Crippen LogP contribution is 2.16. The van der Waals surface area contributed by atoms with Crippen molar-refractivity contribution in [2.24, 2.45) is 0 Å². The zero-order valence-electron chi connectivity index (χ0n) is 9.62. The third kappa shape index (κ3) is 3.02. The molecule has 0 aliphatic carbocycles. The number of aryl methyl sites for hydroxylation is 1. The van der Waals surface area contributed by atoms with E-state index in [-0.39, 0.29) is 10.9 Å². The predicted molar refractivity (Wildman–Crippen MR) is 61.2 cm³/mol. The van der Waals surface area contributed by atoms with Gasteiger partial charge in [-0.3, -0.25) is 0 Å². The molecule has 1 atom stereocenters. The highest BCUT2D eigenvalue weighted by atomic mass is 32.2. The van der Waals surface area contributed by atoms with E-state index in [1.54, 1.807) is 13.8 Å². The molecule has 16 heavy (non-hydrogen) atoms. The van der Waals surface area contributed by atoms with E-state index in [1.165, 1.54) is 12.1 Å². The normalized spacial score (nSPS) is 13.8. The Bertz CT molecular complexity index is 471. The van der Waals surface area contributed by atoms with E-state index < -0.39 is 15.8 Å². The Kier molecular flexibility index (Phi) is 4.04. The van der Waals surface area contributed by atoms with Crippen molar-refractivity contribution in [2.45, 2.75) is 38.1 Å². The molecule has 1 N–H and O–H groups in total. The number of hydrogen-bond acceptors (Lipinski definition) is 2. The Hall–Kier alpha value is -0.940. The summed E-state index contributed by atoms with van der Waals surface area (Å²) in [5, 5.41) is 0. The molecule has 0 unspecified atom stereocenters. The van der Waals surface area contributed by atoms with Crippen LogP contribution in [0.1, 0.15) is 25.8 Å². The lowest BCUT2D eigenvalue weighted by molar-refractivity contribution is 0.554. The fourth-order valence-corrected chi connectivity index (χ4v) is 2.88. The standard InChI is InChI=1S/C11H16FNO2S/c1-4-9(3)13-16(14,15)11-6-5-10(12)7-8(11)2/h5-7,9,13H,4H2,1-3H3/t9-/m1/s1. The minimum Gasteiger partial charge on any atom is -0.208 e. The van der Waals surface area contributed by atoms with Gasteiger partial charge < -0.3 is 0 Å². The highest BCUT2D eigenvalue weighted by Gasteiger charge is 2.18. The van der Waals surface area contributed by atoms with Crippen LogP contribution in [0, 0.1) is 12.7 Å². The molecule has 1 aromatic carbocycles. The Morgan fingerprint density at radius 3 is 2.56 bits per heavy atom. The molecule has 90 valence electrons. The summed E-state index contributed by atoms with van der Waals surface area (Å²) in [7, 11) is -3.54. The van der Waals surface area contributed by atoms with E-state index in [1.807, 2.05) is 6.92 Å². The van der Waals surface area contributed by atoms with Crippen LogP contribution < -0.4 is 4.72 Å². The first kappa shape index (κ1) is 13.1. The molecule has 0 aliphatic heterocycles.